The van der Waals surface area contributed by atoms with E-state index in [1.165, 1.54) is 6.07 Å². The van der Waals surface area contributed by atoms with E-state index in [0.717, 1.165) is 12.3 Å². The normalized spacial score (nSPS) is 25.3. The fourth-order valence-corrected chi connectivity index (χ4v) is 4.19. The zero-order chi connectivity index (χ0) is 22.6. The van der Waals surface area contributed by atoms with Crippen molar-refractivity contribution >= 4 is 11.5 Å². The van der Waals surface area contributed by atoms with Gasteiger partial charge in [-0.05, 0) is 25.0 Å². The maximum absolute atomic E-state index is 13.7. The molecule has 0 bridgehead atoms. The standard InChI is InChI=1S/C18H19F6N5O2/c19-17(20,21)11-2-1-10(8-25-11)29-5-3-9(4-6-29)14-13-15(28-27-14)26-12(30)7-16(13,31)18(22,23)24/h1-2,8-9,12,30-31H,3-7H2,(H2,26,27,28). The Hall–Kier alpha value is -2.54. The predicted octanol–water partition coefficient (Wildman–Crippen LogP) is 3.09. The number of rotatable bonds is 2. The number of halogens is 6. The summed E-state index contributed by atoms with van der Waals surface area (Å²) >= 11 is 0. The smallest absolute Gasteiger partial charge is 0.376 e. The van der Waals surface area contributed by atoms with Crippen molar-refractivity contribution in [3.63, 3.8) is 0 Å². The Bertz CT molecular complexity index is 936. The topological polar surface area (TPSA) is 97.3 Å². The predicted molar refractivity (Wildman–Crippen MR) is 96.2 cm³/mol. The van der Waals surface area contributed by atoms with Gasteiger partial charge in [-0.1, -0.05) is 0 Å². The van der Waals surface area contributed by atoms with E-state index in [1.807, 2.05) is 0 Å². The fraction of sp³-hybridized carbons (Fsp3) is 0.556. The Morgan fingerprint density at radius 1 is 1.10 bits per heavy atom. The number of fused-ring (bicyclic) bond motifs is 1. The Morgan fingerprint density at radius 2 is 1.77 bits per heavy atom. The minimum Gasteiger partial charge on any atom is -0.376 e. The summed E-state index contributed by atoms with van der Waals surface area (Å²) in [6.07, 6.45) is -10.2. The van der Waals surface area contributed by atoms with Crippen LogP contribution in [0.4, 0.5) is 37.8 Å². The quantitative estimate of drug-likeness (QED) is 0.524. The summed E-state index contributed by atoms with van der Waals surface area (Å²) in [5.41, 5.74) is -4.05. The molecule has 2 aliphatic heterocycles. The van der Waals surface area contributed by atoms with Gasteiger partial charge in [0.05, 0.1) is 17.4 Å². The highest BCUT2D eigenvalue weighted by atomic mass is 19.4. The van der Waals surface area contributed by atoms with E-state index in [-0.39, 0.29) is 17.4 Å². The molecule has 13 heteroatoms. The number of hydrogen-bond acceptors (Lipinski definition) is 6. The van der Waals surface area contributed by atoms with Crippen LogP contribution in [0.5, 0.6) is 0 Å². The number of nitrogens with zero attached hydrogens (tertiary/aromatic N) is 3. The van der Waals surface area contributed by atoms with Gasteiger partial charge in [0, 0.05) is 31.1 Å². The van der Waals surface area contributed by atoms with Crippen LogP contribution in [0.2, 0.25) is 0 Å². The first-order valence-electron chi connectivity index (χ1n) is 9.51. The Balaban J connectivity index is 1.53. The van der Waals surface area contributed by atoms with Crippen molar-refractivity contribution in [2.24, 2.45) is 0 Å². The first-order valence-corrected chi connectivity index (χ1v) is 9.51. The molecule has 1 saturated heterocycles. The van der Waals surface area contributed by atoms with Gasteiger partial charge in [-0.3, -0.25) is 5.10 Å². The van der Waals surface area contributed by atoms with E-state index >= 15 is 0 Å². The number of pyridine rings is 1. The maximum atomic E-state index is 13.7. The number of aromatic amines is 1. The van der Waals surface area contributed by atoms with Gasteiger partial charge in [-0.2, -0.15) is 31.4 Å². The summed E-state index contributed by atoms with van der Waals surface area (Å²) in [5.74, 6) is -0.635. The second kappa shape index (κ2) is 7.26. The summed E-state index contributed by atoms with van der Waals surface area (Å²) in [7, 11) is 0. The van der Waals surface area contributed by atoms with Gasteiger partial charge in [0.25, 0.3) is 0 Å². The summed E-state index contributed by atoms with van der Waals surface area (Å²) < 4.78 is 79.0. The van der Waals surface area contributed by atoms with Gasteiger partial charge >= 0.3 is 12.4 Å². The van der Waals surface area contributed by atoms with Gasteiger partial charge in [0.15, 0.2) is 11.4 Å². The second-order valence-electron chi connectivity index (χ2n) is 7.74. The number of piperidine rings is 1. The fourth-order valence-electron chi connectivity index (χ4n) is 4.19. The zero-order valence-corrected chi connectivity index (χ0v) is 15.9. The van der Waals surface area contributed by atoms with Crippen LogP contribution in [0.25, 0.3) is 0 Å². The minimum absolute atomic E-state index is 0.138. The van der Waals surface area contributed by atoms with Crippen molar-refractivity contribution in [1.29, 1.82) is 0 Å². The van der Waals surface area contributed by atoms with E-state index in [9.17, 15) is 36.6 Å². The second-order valence-corrected chi connectivity index (χ2v) is 7.74. The minimum atomic E-state index is -5.02. The SMILES string of the molecule is OC1CC(O)(C(F)(F)F)c2c(n[nH]c2C2CCN(c3ccc(C(F)(F)F)nc3)CC2)N1. The summed E-state index contributed by atoms with van der Waals surface area (Å²) in [6.45, 7) is 0.734. The Kier molecular flexibility index (Phi) is 5.08. The molecule has 4 heterocycles. The van der Waals surface area contributed by atoms with Crippen LogP contribution in [0.1, 0.15) is 42.1 Å². The van der Waals surface area contributed by atoms with Crippen LogP contribution in [-0.2, 0) is 11.8 Å². The van der Waals surface area contributed by atoms with E-state index in [4.69, 9.17) is 0 Å². The van der Waals surface area contributed by atoms with Gasteiger partial charge in [0.2, 0.25) is 0 Å². The van der Waals surface area contributed by atoms with Gasteiger partial charge in [-0.15, -0.1) is 0 Å². The Labute approximate surface area is 172 Å². The average molecular weight is 451 g/mol. The lowest BCUT2D eigenvalue weighted by Gasteiger charge is -2.39. The number of H-pyrrole nitrogens is 1. The van der Waals surface area contributed by atoms with Gasteiger partial charge < -0.3 is 20.4 Å². The van der Waals surface area contributed by atoms with Crippen LogP contribution in [0.3, 0.4) is 0 Å². The summed E-state index contributed by atoms with van der Waals surface area (Å²) in [6, 6.07) is 2.19. The molecule has 2 unspecified atom stereocenters. The number of anilines is 2. The molecule has 31 heavy (non-hydrogen) atoms. The molecular weight excluding hydrogens is 432 g/mol. The lowest BCUT2D eigenvalue weighted by atomic mass is 9.81. The Morgan fingerprint density at radius 3 is 2.32 bits per heavy atom. The van der Waals surface area contributed by atoms with E-state index in [0.29, 0.717) is 31.6 Å². The van der Waals surface area contributed by atoms with E-state index < -0.39 is 41.9 Å². The third-order valence-electron chi connectivity index (χ3n) is 5.78. The molecule has 0 spiro atoms. The van der Waals surface area contributed by atoms with Crippen molar-refractivity contribution in [3.05, 3.63) is 35.3 Å². The molecule has 4 rings (SSSR count). The van der Waals surface area contributed by atoms with Crippen LogP contribution in [-0.4, -0.2) is 50.9 Å². The zero-order valence-electron chi connectivity index (χ0n) is 15.9. The largest absolute Gasteiger partial charge is 0.433 e. The molecular formula is C18H19F6N5O2. The molecule has 2 aliphatic rings. The maximum Gasteiger partial charge on any atom is 0.433 e. The summed E-state index contributed by atoms with van der Waals surface area (Å²) in [5, 5.41) is 29.0. The van der Waals surface area contributed by atoms with Crippen molar-refractivity contribution < 1.29 is 36.6 Å². The molecule has 2 aromatic rings. The lowest BCUT2D eigenvalue weighted by Crippen LogP contribution is -2.50. The van der Waals surface area contributed by atoms with Gasteiger partial charge in [-0.25, -0.2) is 4.98 Å². The molecule has 0 radical (unpaired) electrons. The van der Waals surface area contributed by atoms with Crippen LogP contribution < -0.4 is 10.2 Å². The highest BCUT2D eigenvalue weighted by molar-refractivity contribution is 5.55. The molecule has 0 aromatic carbocycles. The van der Waals surface area contributed by atoms with E-state index in [2.05, 4.69) is 20.5 Å². The molecule has 170 valence electrons. The first-order chi connectivity index (χ1) is 14.4. The first kappa shape index (κ1) is 21.7. The summed E-state index contributed by atoms with van der Waals surface area (Å²) in [4.78, 5) is 5.23. The average Bonchev–Trinajstić information content (AvgIpc) is 3.11. The molecule has 7 nitrogen and oxygen atoms in total. The number of aliphatic hydroxyl groups excluding tert-OH is 1. The number of alkyl halides is 6. The van der Waals surface area contributed by atoms with Crippen LogP contribution >= 0.6 is 0 Å². The lowest BCUT2D eigenvalue weighted by molar-refractivity contribution is -0.276. The molecule has 0 amide bonds. The molecule has 0 saturated carbocycles. The van der Waals surface area contributed by atoms with E-state index in [1.54, 1.807) is 4.90 Å². The van der Waals surface area contributed by atoms with Crippen molar-refractivity contribution in [2.45, 2.75) is 49.4 Å². The number of aliphatic hydroxyl groups is 2. The van der Waals surface area contributed by atoms with Gasteiger partial charge in [0.1, 0.15) is 11.9 Å². The monoisotopic (exact) mass is 451 g/mol. The van der Waals surface area contributed by atoms with Crippen LogP contribution in [0.15, 0.2) is 18.3 Å². The molecule has 2 aromatic heterocycles. The van der Waals surface area contributed by atoms with Crippen molar-refractivity contribution in [2.75, 3.05) is 23.3 Å². The molecule has 4 N–H and O–H groups in total. The van der Waals surface area contributed by atoms with Crippen molar-refractivity contribution in [3.8, 4) is 0 Å². The highest BCUT2D eigenvalue weighted by Gasteiger charge is 2.60. The third kappa shape index (κ3) is 3.80. The molecule has 0 aliphatic carbocycles. The number of hydrogen-bond donors (Lipinski definition) is 4. The highest BCUT2D eigenvalue weighted by Crippen LogP contribution is 2.50. The molecule has 2 atom stereocenters. The number of nitrogens with one attached hydrogen (secondary N) is 2. The van der Waals surface area contributed by atoms with Crippen LogP contribution in [0, 0.1) is 0 Å². The number of aromatic nitrogens is 3. The third-order valence-corrected chi connectivity index (χ3v) is 5.78. The van der Waals surface area contributed by atoms with Crippen molar-refractivity contribution in [1.82, 2.24) is 15.2 Å². The molecule has 1 fully saturated rings.